The Morgan fingerprint density at radius 3 is 2.65 bits per heavy atom. The topological polar surface area (TPSA) is 82.1 Å². The number of hydrogen-bond donors (Lipinski definition) is 2. The number of aliphatic hydroxyl groups excluding tert-OH is 1. The molecule has 34 heavy (non-hydrogen) atoms. The van der Waals surface area contributed by atoms with E-state index in [1.165, 1.54) is 19.1 Å². The second-order valence-electron chi connectivity index (χ2n) is 8.82. The fourth-order valence-corrected chi connectivity index (χ4v) is 4.30. The molecule has 182 valence electrons. The lowest BCUT2D eigenvalue weighted by molar-refractivity contribution is -0.145. The summed E-state index contributed by atoms with van der Waals surface area (Å²) in [4.78, 5) is 28.9. The van der Waals surface area contributed by atoms with Crippen LogP contribution in [0.15, 0.2) is 48.5 Å². The molecule has 2 aromatic rings. The van der Waals surface area contributed by atoms with Crippen LogP contribution >= 0.6 is 0 Å². The second kappa shape index (κ2) is 12.0. The van der Waals surface area contributed by atoms with Crippen molar-refractivity contribution in [2.75, 3.05) is 19.7 Å². The zero-order chi connectivity index (χ0) is 24.7. The minimum Gasteiger partial charge on any atom is -0.493 e. The first-order valence-electron chi connectivity index (χ1n) is 11.7. The number of benzene rings is 2. The van der Waals surface area contributed by atoms with Crippen molar-refractivity contribution in [2.45, 2.75) is 51.4 Å². The Hall–Kier alpha value is -2.91. The minimum atomic E-state index is -1.19. The van der Waals surface area contributed by atoms with Crippen molar-refractivity contribution in [3.63, 3.8) is 0 Å². The first-order chi connectivity index (χ1) is 16.3. The van der Waals surface area contributed by atoms with Crippen LogP contribution in [0.25, 0.3) is 0 Å². The van der Waals surface area contributed by atoms with Crippen molar-refractivity contribution >= 4 is 19.8 Å². The van der Waals surface area contributed by atoms with Crippen LogP contribution in [0.1, 0.15) is 31.4 Å². The van der Waals surface area contributed by atoms with Crippen molar-refractivity contribution in [2.24, 2.45) is 0 Å². The van der Waals surface area contributed by atoms with Crippen molar-refractivity contribution in [1.82, 2.24) is 15.0 Å². The number of aliphatic hydroxyl groups is 1. The highest BCUT2D eigenvalue weighted by molar-refractivity contribution is 6.07. The van der Waals surface area contributed by atoms with E-state index in [-0.39, 0.29) is 18.2 Å². The minimum absolute atomic E-state index is 0.150. The lowest BCUT2D eigenvalue weighted by Crippen LogP contribution is -2.64. The van der Waals surface area contributed by atoms with Crippen LogP contribution in [-0.2, 0) is 22.6 Å². The van der Waals surface area contributed by atoms with Gasteiger partial charge in [-0.25, -0.2) is 4.39 Å². The van der Waals surface area contributed by atoms with Gasteiger partial charge in [0.25, 0.3) is 0 Å². The van der Waals surface area contributed by atoms with Crippen LogP contribution in [0.4, 0.5) is 4.39 Å². The lowest BCUT2D eigenvalue weighted by Gasteiger charge is -2.43. The van der Waals surface area contributed by atoms with Gasteiger partial charge in [0.1, 0.15) is 17.6 Å². The lowest BCUT2D eigenvalue weighted by atomic mass is 9.91. The molecule has 0 aliphatic carbocycles. The summed E-state index contributed by atoms with van der Waals surface area (Å²) < 4.78 is 19.8. The van der Waals surface area contributed by atoms with Gasteiger partial charge in [-0.15, -0.1) is 0 Å². The molecule has 2 N–H and O–H groups in total. The fourth-order valence-electron chi connectivity index (χ4n) is 4.30. The SMILES string of the molecule is BN1CCN(Cc2ccccc2)C(=O)[C@@H]1[C@@H](O)[C@H](Cc1cc(F)cc(OCCC)c1)NC(C)=O. The molecule has 0 unspecified atom stereocenters. The Bertz CT molecular complexity index is 978. The van der Waals surface area contributed by atoms with Crippen molar-refractivity contribution in [1.29, 1.82) is 0 Å². The molecule has 1 heterocycles. The third-order valence-electron chi connectivity index (χ3n) is 5.96. The van der Waals surface area contributed by atoms with Crippen LogP contribution in [0, 0.1) is 5.82 Å². The predicted octanol–water partition coefficient (Wildman–Crippen LogP) is 1.28. The maximum absolute atomic E-state index is 14.2. The smallest absolute Gasteiger partial charge is 0.242 e. The molecule has 1 aliphatic heterocycles. The first kappa shape index (κ1) is 25.7. The molecule has 2 aromatic carbocycles. The van der Waals surface area contributed by atoms with Gasteiger partial charge < -0.3 is 24.9 Å². The number of hydrogen-bond acceptors (Lipinski definition) is 5. The highest BCUT2D eigenvalue weighted by Gasteiger charge is 2.41. The van der Waals surface area contributed by atoms with Crippen LogP contribution in [0.3, 0.4) is 0 Å². The molecule has 0 saturated carbocycles. The monoisotopic (exact) mass is 469 g/mol. The van der Waals surface area contributed by atoms with E-state index in [2.05, 4.69) is 5.32 Å². The van der Waals surface area contributed by atoms with E-state index in [1.807, 2.05) is 42.1 Å². The van der Waals surface area contributed by atoms with Gasteiger partial charge in [-0.05, 0) is 36.1 Å². The number of amides is 2. The maximum atomic E-state index is 14.2. The summed E-state index contributed by atoms with van der Waals surface area (Å²) in [6, 6.07) is 12.4. The predicted molar refractivity (Wildman–Crippen MR) is 130 cm³/mol. The van der Waals surface area contributed by atoms with Gasteiger partial charge in [0, 0.05) is 32.6 Å². The number of piperazine rings is 1. The van der Waals surface area contributed by atoms with Crippen LogP contribution in [0.5, 0.6) is 5.75 Å². The summed E-state index contributed by atoms with van der Waals surface area (Å²) in [5.41, 5.74) is 1.57. The van der Waals surface area contributed by atoms with Crippen molar-refractivity contribution < 1.29 is 23.8 Å². The normalized spacial score (nSPS) is 18.4. The summed E-state index contributed by atoms with van der Waals surface area (Å²) in [5.74, 6) is -0.603. The van der Waals surface area contributed by atoms with Gasteiger partial charge >= 0.3 is 0 Å². The average Bonchev–Trinajstić information content (AvgIpc) is 2.79. The van der Waals surface area contributed by atoms with E-state index in [0.29, 0.717) is 37.6 Å². The molecule has 0 radical (unpaired) electrons. The van der Waals surface area contributed by atoms with Gasteiger partial charge in [-0.1, -0.05) is 37.3 Å². The van der Waals surface area contributed by atoms with E-state index in [0.717, 1.165) is 12.0 Å². The van der Waals surface area contributed by atoms with Crippen LogP contribution in [0.2, 0.25) is 0 Å². The molecular weight excluding hydrogens is 436 g/mol. The molecule has 1 fully saturated rings. The fraction of sp³-hybridized carbons (Fsp3) is 0.440. The van der Waals surface area contributed by atoms with E-state index in [4.69, 9.17) is 4.74 Å². The van der Waals surface area contributed by atoms with E-state index >= 15 is 0 Å². The summed E-state index contributed by atoms with van der Waals surface area (Å²) in [6.45, 7) is 5.35. The molecule has 0 aromatic heterocycles. The number of nitrogens with zero attached hydrogens (tertiary/aromatic N) is 2. The number of rotatable bonds is 10. The third kappa shape index (κ3) is 6.80. The van der Waals surface area contributed by atoms with Gasteiger partial charge in [0.05, 0.1) is 18.8 Å². The Morgan fingerprint density at radius 2 is 1.97 bits per heavy atom. The maximum Gasteiger partial charge on any atom is 0.242 e. The largest absolute Gasteiger partial charge is 0.493 e. The number of halogens is 1. The zero-order valence-electron chi connectivity index (χ0n) is 20.0. The molecular formula is C25H33BFN3O4. The molecule has 1 aliphatic rings. The summed E-state index contributed by atoms with van der Waals surface area (Å²) in [6.07, 6.45) is -0.255. The summed E-state index contributed by atoms with van der Waals surface area (Å²) in [5, 5.41) is 14.1. The number of carbonyl (C=O) groups excluding carboxylic acids is 2. The molecule has 0 bridgehead atoms. The molecule has 0 spiro atoms. The van der Waals surface area contributed by atoms with Gasteiger partial charge in [-0.3, -0.25) is 9.59 Å². The summed E-state index contributed by atoms with van der Waals surface area (Å²) in [7, 11) is 1.79. The molecule has 9 heteroatoms. The zero-order valence-corrected chi connectivity index (χ0v) is 20.0. The van der Waals surface area contributed by atoms with Crippen LogP contribution < -0.4 is 10.1 Å². The van der Waals surface area contributed by atoms with Crippen molar-refractivity contribution in [3.05, 3.63) is 65.5 Å². The number of nitrogens with one attached hydrogen (secondary N) is 1. The Kier molecular flexibility index (Phi) is 9.07. The van der Waals surface area contributed by atoms with Gasteiger partial charge in [-0.2, -0.15) is 0 Å². The molecule has 7 nitrogen and oxygen atoms in total. The third-order valence-corrected chi connectivity index (χ3v) is 5.96. The Balaban J connectivity index is 1.80. The van der Waals surface area contributed by atoms with E-state index in [9.17, 15) is 19.1 Å². The van der Waals surface area contributed by atoms with E-state index in [1.54, 1.807) is 18.9 Å². The van der Waals surface area contributed by atoms with Crippen LogP contribution in [-0.4, -0.2) is 72.5 Å². The Labute approximate surface area is 201 Å². The second-order valence-corrected chi connectivity index (χ2v) is 8.82. The molecule has 3 atom stereocenters. The molecule has 1 saturated heterocycles. The van der Waals surface area contributed by atoms with E-state index < -0.39 is 24.0 Å². The molecule has 2 amide bonds. The first-order valence-corrected chi connectivity index (χ1v) is 11.7. The number of ether oxygens (including phenoxy) is 1. The highest BCUT2D eigenvalue weighted by Crippen LogP contribution is 2.22. The molecule has 3 rings (SSSR count). The highest BCUT2D eigenvalue weighted by atomic mass is 19.1. The average molecular weight is 469 g/mol. The standard InChI is InChI=1S/C25H33BFN3O4/c1-3-11-34-21-13-19(12-20(27)15-21)14-22(28-17(2)31)24(32)23-25(33)29(9-10-30(23)26)16-18-7-5-4-6-8-18/h4-8,12-13,15,22-24,32H,3,9-11,14,16,26H2,1-2H3,(H,28,31)/t22-,23-,24-/m0/s1. The summed E-state index contributed by atoms with van der Waals surface area (Å²) >= 11 is 0. The van der Waals surface area contributed by atoms with Crippen molar-refractivity contribution in [3.8, 4) is 5.75 Å². The number of carbonyl (C=O) groups is 2. The quantitative estimate of drug-likeness (QED) is 0.513. The van der Waals surface area contributed by atoms with Gasteiger partial charge in [0.15, 0.2) is 7.98 Å². The van der Waals surface area contributed by atoms with Gasteiger partial charge in [0.2, 0.25) is 11.8 Å². The Morgan fingerprint density at radius 1 is 1.24 bits per heavy atom.